The average molecular weight is 523 g/mol. The molecule has 0 spiro atoms. The number of nitrogens with one attached hydrogen (secondary N) is 4. The van der Waals surface area contributed by atoms with E-state index in [0.29, 0.717) is 26.7 Å². The molecule has 2 amide bonds. The molecule has 0 aliphatic heterocycles. The average Bonchev–Trinajstić information content (AvgIpc) is 3.46. The van der Waals surface area contributed by atoms with Crippen molar-refractivity contribution in [2.24, 2.45) is 0 Å². The fourth-order valence-electron chi connectivity index (χ4n) is 3.34. The van der Waals surface area contributed by atoms with Gasteiger partial charge in [-0.2, -0.15) is 0 Å². The number of halogens is 1. The van der Waals surface area contributed by atoms with Crippen LogP contribution in [0.3, 0.4) is 0 Å². The Labute approximate surface area is 213 Å². The molecule has 0 unspecified atom stereocenters. The third kappa shape index (κ3) is 5.79. The number of para-hydroxylation sites is 4. The van der Waals surface area contributed by atoms with Crippen LogP contribution in [-0.2, 0) is 9.59 Å². The summed E-state index contributed by atoms with van der Waals surface area (Å²) < 4.78 is 0. The summed E-state index contributed by atoms with van der Waals surface area (Å²) in [6.07, 6.45) is 0. The van der Waals surface area contributed by atoms with Gasteiger partial charge in [0.15, 0.2) is 10.3 Å². The monoisotopic (exact) mass is 522 g/mol. The number of H-pyrrole nitrogens is 2. The number of carbonyl (C=O) groups is 2. The van der Waals surface area contributed by atoms with Crippen molar-refractivity contribution >= 4 is 80.4 Å². The fourth-order valence-corrected chi connectivity index (χ4v) is 4.94. The maximum Gasteiger partial charge on any atom is 0.234 e. The number of anilines is 2. The molecule has 0 bridgehead atoms. The van der Waals surface area contributed by atoms with Crippen LogP contribution in [0.4, 0.5) is 11.4 Å². The maximum atomic E-state index is 12.4. The van der Waals surface area contributed by atoms with Crippen molar-refractivity contribution in [3.05, 3.63) is 71.8 Å². The number of aromatic amines is 2. The summed E-state index contributed by atoms with van der Waals surface area (Å²) >= 11 is 8.96. The van der Waals surface area contributed by atoms with Crippen LogP contribution in [0.15, 0.2) is 77.0 Å². The highest BCUT2D eigenvalue weighted by Crippen LogP contribution is 2.27. The minimum Gasteiger partial charge on any atom is -0.333 e. The second kappa shape index (κ2) is 10.4. The largest absolute Gasteiger partial charge is 0.333 e. The molecular formula is C24H19ClN6O2S2. The molecule has 0 atom stereocenters. The van der Waals surface area contributed by atoms with Crippen molar-refractivity contribution in [2.75, 3.05) is 22.1 Å². The van der Waals surface area contributed by atoms with Crippen molar-refractivity contribution in [1.29, 1.82) is 0 Å². The third-order valence-electron chi connectivity index (χ3n) is 4.94. The van der Waals surface area contributed by atoms with Crippen LogP contribution in [0.2, 0.25) is 5.02 Å². The maximum absolute atomic E-state index is 12.4. The molecule has 3 aromatic carbocycles. The summed E-state index contributed by atoms with van der Waals surface area (Å²) in [4.78, 5) is 40.0. The molecule has 35 heavy (non-hydrogen) atoms. The number of fused-ring (bicyclic) bond motifs is 2. The molecule has 0 saturated carbocycles. The second-order valence-electron chi connectivity index (χ2n) is 7.49. The Balaban J connectivity index is 1.12. The first-order valence-electron chi connectivity index (χ1n) is 10.6. The van der Waals surface area contributed by atoms with Crippen LogP contribution >= 0.6 is 35.1 Å². The number of hydrogen-bond donors (Lipinski definition) is 4. The molecule has 176 valence electrons. The van der Waals surface area contributed by atoms with Gasteiger partial charge in [-0.05, 0) is 42.5 Å². The molecule has 0 aliphatic rings. The van der Waals surface area contributed by atoms with Gasteiger partial charge in [0.25, 0.3) is 0 Å². The van der Waals surface area contributed by atoms with Gasteiger partial charge < -0.3 is 20.6 Å². The Morgan fingerprint density at radius 2 is 1.31 bits per heavy atom. The van der Waals surface area contributed by atoms with Gasteiger partial charge in [0.2, 0.25) is 11.8 Å². The quantitative estimate of drug-likeness (QED) is 0.198. The Bertz CT molecular complexity index is 1470. The van der Waals surface area contributed by atoms with Crippen LogP contribution in [0.1, 0.15) is 0 Å². The first kappa shape index (κ1) is 23.3. The van der Waals surface area contributed by atoms with E-state index in [4.69, 9.17) is 11.6 Å². The van der Waals surface area contributed by atoms with Crippen LogP contribution < -0.4 is 10.6 Å². The van der Waals surface area contributed by atoms with Crippen molar-refractivity contribution in [2.45, 2.75) is 10.3 Å². The van der Waals surface area contributed by atoms with Gasteiger partial charge in [-0.25, -0.2) is 9.97 Å². The lowest BCUT2D eigenvalue weighted by molar-refractivity contribution is -0.114. The summed E-state index contributed by atoms with van der Waals surface area (Å²) in [7, 11) is 0. The van der Waals surface area contributed by atoms with Crippen molar-refractivity contribution in [1.82, 2.24) is 19.9 Å². The smallest absolute Gasteiger partial charge is 0.234 e. The predicted molar refractivity (Wildman–Crippen MR) is 142 cm³/mol. The number of thioether (sulfide) groups is 2. The molecule has 0 aliphatic carbocycles. The normalized spacial score (nSPS) is 11.1. The highest BCUT2D eigenvalue weighted by atomic mass is 35.5. The highest BCUT2D eigenvalue weighted by molar-refractivity contribution is 8.00. The SMILES string of the molecule is O=C(CSc1nc2ccccc2[nH]1)Nc1ccc(NC(=O)CSc2nc3ccccc3[nH]2)c(Cl)c1. The van der Waals surface area contributed by atoms with Gasteiger partial charge in [-0.3, -0.25) is 9.59 Å². The van der Waals surface area contributed by atoms with Gasteiger partial charge in [0.05, 0.1) is 44.3 Å². The number of carbonyl (C=O) groups excluding carboxylic acids is 2. The van der Waals surface area contributed by atoms with E-state index < -0.39 is 0 Å². The van der Waals surface area contributed by atoms with E-state index in [0.717, 1.165) is 22.1 Å². The molecule has 4 N–H and O–H groups in total. The van der Waals surface area contributed by atoms with Crippen LogP contribution in [0, 0.1) is 0 Å². The third-order valence-corrected chi connectivity index (χ3v) is 7.00. The molecule has 5 aromatic rings. The van der Waals surface area contributed by atoms with Crippen molar-refractivity contribution in [3.63, 3.8) is 0 Å². The predicted octanol–water partition coefficient (Wildman–Crippen LogP) is 5.55. The molecule has 5 rings (SSSR count). The molecule has 11 heteroatoms. The summed E-state index contributed by atoms with van der Waals surface area (Å²) in [5, 5.41) is 7.28. The number of hydrogen-bond acceptors (Lipinski definition) is 6. The Hall–Kier alpha value is -3.47. The van der Waals surface area contributed by atoms with Crippen LogP contribution in [0.5, 0.6) is 0 Å². The van der Waals surface area contributed by atoms with E-state index in [-0.39, 0.29) is 23.3 Å². The van der Waals surface area contributed by atoms with Crippen LogP contribution in [-0.4, -0.2) is 43.3 Å². The second-order valence-corrected chi connectivity index (χ2v) is 9.82. The van der Waals surface area contributed by atoms with E-state index in [9.17, 15) is 9.59 Å². The van der Waals surface area contributed by atoms with Gasteiger partial charge in [-0.1, -0.05) is 59.4 Å². The zero-order valence-electron chi connectivity index (χ0n) is 18.2. The zero-order chi connectivity index (χ0) is 24.2. The van der Waals surface area contributed by atoms with E-state index in [1.165, 1.54) is 23.5 Å². The topological polar surface area (TPSA) is 116 Å². The molecule has 0 saturated heterocycles. The van der Waals surface area contributed by atoms with Gasteiger partial charge in [-0.15, -0.1) is 0 Å². The van der Waals surface area contributed by atoms with Gasteiger partial charge >= 0.3 is 0 Å². The molecule has 2 aromatic heterocycles. The highest BCUT2D eigenvalue weighted by Gasteiger charge is 2.12. The number of aromatic nitrogens is 4. The number of imidazole rings is 2. The minimum atomic E-state index is -0.212. The van der Waals surface area contributed by atoms with Crippen molar-refractivity contribution in [3.8, 4) is 0 Å². The van der Waals surface area contributed by atoms with Crippen molar-refractivity contribution < 1.29 is 9.59 Å². The molecule has 0 radical (unpaired) electrons. The lowest BCUT2D eigenvalue weighted by Gasteiger charge is -2.10. The van der Waals surface area contributed by atoms with E-state index in [2.05, 4.69) is 30.6 Å². The number of amides is 2. The zero-order valence-corrected chi connectivity index (χ0v) is 20.6. The Kier molecular flexibility index (Phi) is 6.94. The Morgan fingerprint density at radius 3 is 1.86 bits per heavy atom. The van der Waals surface area contributed by atoms with Gasteiger partial charge in [0.1, 0.15) is 0 Å². The first-order chi connectivity index (χ1) is 17.0. The summed E-state index contributed by atoms with van der Waals surface area (Å²) in [5.41, 5.74) is 4.57. The lowest BCUT2D eigenvalue weighted by Crippen LogP contribution is -2.16. The molecular weight excluding hydrogens is 504 g/mol. The molecule has 0 fully saturated rings. The number of benzene rings is 3. The molecule has 8 nitrogen and oxygen atoms in total. The summed E-state index contributed by atoms with van der Waals surface area (Å²) in [6.45, 7) is 0. The van der Waals surface area contributed by atoms with E-state index >= 15 is 0 Å². The first-order valence-corrected chi connectivity index (χ1v) is 12.9. The van der Waals surface area contributed by atoms with Gasteiger partial charge in [0, 0.05) is 5.69 Å². The van der Waals surface area contributed by atoms with E-state index in [1.807, 2.05) is 48.5 Å². The Morgan fingerprint density at radius 1 is 0.771 bits per heavy atom. The van der Waals surface area contributed by atoms with E-state index in [1.54, 1.807) is 18.2 Å². The lowest BCUT2D eigenvalue weighted by atomic mass is 10.2. The summed E-state index contributed by atoms with van der Waals surface area (Å²) in [5.74, 6) is -0.0373. The summed E-state index contributed by atoms with van der Waals surface area (Å²) in [6, 6.07) is 20.3. The minimum absolute atomic E-state index is 0.174. The number of rotatable bonds is 8. The standard InChI is InChI=1S/C24H19ClN6O2S2/c25-15-11-14(26-21(32)12-34-23-28-17-5-1-2-6-18(17)29-23)9-10-16(15)27-22(33)13-35-24-30-19-7-3-4-8-20(19)31-24/h1-11H,12-13H2,(H,26,32)(H,27,33)(H,28,29)(H,30,31). The molecule has 2 heterocycles. The van der Waals surface area contributed by atoms with Crippen LogP contribution in [0.25, 0.3) is 22.1 Å². The number of nitrogens with zero attached hydrogens (tertiary/aromatic N) is 2. The fraction of sp³-hybridized carbons (Fsp3) is 0.0833.